The molecule has 0 fully saturated rings. The highest BCUT2D eigenvalue weighted by Crippen LogP contribution is 2.28. The Morgan fingerprint density at radius 3 is 2.65 bits per heavy atom. The zero-order valence-corrected chi connectivity index (χ0v) is 14.4. The molecule has 23 heavy (non-hydrogen) atoms. The molecular formula is C16H21ClN4O2. The molecule has 2 N–H and O–H groups in total. The second-order valence-corrected chi connectivity index (χ2v) is 5.99. The van der Waals surface area contributed by atoms with Gasteiger partial charge < -0.3 is 15.4 Å². The van der Waals surface area contributed by atoms with Gasteiger partial charge in [0.15, 0.2) is 0 Å². The third kappa shape index (κ3) is 4.89. The zero-order chi connectivity index (χ0) is 17.0. The molecule has 0 spiro atoms. The van der Waals surface area contributed by atoms with Crippen molar-refractivity contribution in [3.05, 3.63) is 41.2 Å². The van der Waals surface area contributed by atoms with Crippen LogP contribution in [0, 0.1) is 0 Å². The van der Waals surface area contributed by atoms with Crippen LogP contribution >= 0.6 is 11.6 Å². The molecule has 0 radical (unpaired) electrons. The summed E-state index contributed by atoms with van der Waals surface area (Å²) < 4.78 is 7.25. The number of aryl methyl sites for hydroxylation is 1. The average Bonchev–Trinajstić information content (AvgIpc) is 2.88. The minimum Gasteiger partial charge on any atom is -0.489 e. The van der Waals surface area contributed by atoms with Crippen molar-refractivity contribution in [1.29, 1.82) is 0 Å². The first-order valence-corrected chi connectivity index (χ1v) is 7.75. The van der Waals surface area contributed by atoms with Crippen LogP contribution in [0.5, 0.6) is 5.75 Å². The van der Waals surface area contributed by atoms with Crippen LogP contribution in [0.1, 0.15) is 32.4 Å². The molecule has 2 amide bonds. The number of hydrogen-bond acceptors (Lipinski definition) is 3. The van der Waals surface area contributed by atoms with Gasteiger partial charge in [0.2, 0.25) is 0 Å². The Balaban J connectivity index is 1.96. The molecule has 6 nitrogen and oxygen atoms in total. The van der Waals surface area contributed by atoms with Crippen LogP contribution in [0.25, 0.3) is 0 Å². The van der Waals surface area contributed by atoms with Gasteiger partial charge in [-0.3, -0.25) is 4.68 Å². The fourth-order valence-electron chi connectivity index (χ4n) is 2.04. The van der Waals surface area contributed by atoms with E-state index in [9.17, 15) is 4.79 Å². The van der Waals surface area contributed by atoms with Gasteiger partial charge in [0, 0.05) is 24.5 Å². The van der Waals surface area contributed by atoms with Crippen LogP contribution in [0.4, 0.5) is 10.5 Å². The Morgan fingerprint density at radius 1 is 1.35 bits per heavy atom. The molecule has 0 saturated carbocycles. The lowest BCUT2D eigenvalue weighted by atomic mass is 10.2. The van der Waals surface area contributed by atoms with Gasteiger partial charge in [-0.1, -0.05) is 11.6 Å². The lowest BCUT2D eigenvalue weighted by molar-refractivity contribution is 0.242. The van der Waals surface area contributed by atoms with E-state index in [-0.39, 0.29) is 18.2 Å². The van der Waals surface area contributed by atoms with Crippen molar-refractivity contribution in [2.24, 2.45) is 7.05 Å². The van der Waals surface area contributed by atoms with Gasteiger partial charge in [0.25, 0.3) is 0 Å². The molecule has 0 saturated heterocycles. The highest BCUT2D eigenvalue weighted by molar-refractivity contribution is 6.32. The minimum absolute atomic E-state index is 0.0370. The number of halogens is 1. The summed E-state index contributed by atoms with van der Waals surface area (Å²) in [7, 11) is 1.83. The van der Waals surface area contributed by atoms with Crippen molar-refractivity contribution < 1.29 is 9.53 Å². The summed E-state index contributed by atoms with van der Waals surface area (Å²) in [5.74, 6) is 0.594. The Morgan fingerprint density at radius 2 is 2.09 bits per heavy atom. The van der Waals surface area contributed by atoms with Crippen LogP contribution in [-0.4, -0.2) is 21.9 Å². The fraction of sp³-hybridized carbons (Fsp3) is 0.375. The highest BCUT2D eigenvalue weighted by Gasteiger charge is 2.12. The lowest BCUT2D eigenvalue weighted by Gasteiger charge is -2.15. The number of carbonyl (C=O) groups excluding carboxylic acids is 1. The summed E-state index contributed by atoms with van der Waals surface area (Å²) in [5, 5.41) is 10.1. The number of ether oxygens (including phenoxy) is 1. The summed E-state index contributed by atoms with van der Waals surface area (Å²) in [5.41, 5.74) is 1.53. The van der Waals surface area contributed by atoms with E-state index in [0.717, 1.165) is 5.56 Å². The predicted molar refractivity (Wildman–Crippen MR) is 91.0 cm³/mol. The summed E-state index contributed by atoms with van der Waals surface area (Å²) in [4.78, 5) is 12.1. The number of amides is 2. The number of benzene rings is 1. The van der Waals surface area contributed by atoms with Gasteiger partial charge in [-0.2, -0.15) is 5.10 Å². The first-order chi connectivity index (χ1) is 10.8. The average molecular weight is 337 g/mol. The molecule has 1 unspecified atom stereocenters. The number of hydrogen-bond donors (Lipinski definition) is 2. The topological polar surface area (TPSA) is 68.2 Å². The van der Waals surface area contributed by atoms with Gasteiger partial charge in [-0.05, 0) is 39.0 Å². The summed E-state index contributed by atoms with van der Waals surface area (Å²) >= 11 is 6.15. The zero-order valence-electron chi connectivity index (χ0n) is 13.6. The van der Waals surface area contributed by atoms with E-state index in [1.807, 2.05) is 34.0 Å². The number of carbonyl (C=O) groups is 1. The standard InChI is InChI=1S/C16H21ClN4O2/c1-10(2)23-15-6-5-13(7-14(15)17)20-16(22)19-11(3)12-8-18-21(4)9-12/h5-11H,1-4H3,(H2,19,20,22). The SMILES string of the molecule is CC(C)Oc1ccc(NC(=O)NC(C)c2cnn(C)c2)cc1Cl. The number of nitrogens with zero attached hydrogens (tertiary/aromatic N) is 2. The summed E-state index contributed by atoms with van der Waals surface area (Å²) in [6, 6.07) is 4.69. The van der Waals surface area contributed by atoms with Crippen LogP contribution in [-0.2, 0) is 7.05 Å². The molecule has 0 aliphatic heterocycles. The van der Waals surface area contributed by atoms with Crippen molar-refractivity contribution in [3.8, 4) is 5.75 Å². The van der Waals surface area contributed by atoms with E-state index >= 15 is 0 Å². The Labute approximate surface area is 140 Å². The monoisotopic (exact) mass is 336 g/mol. The van der Waals surface area contributed by atoms with Gasteiger partial charge in [-0.15, -0.1) is 0 Å². The van der Waals surface area contributed by atoms with Crippen LogP contribution in [0.15, 0.2) is 30.6 Å². The minimum atomic E-state index is -0.310. The first kappa shape index (κ1) is 17.1. The van der Waals surface area contributed by atoms with Crippen molar-refractivity contribution >= 4 is 23.3 Å². The molecular weight excluding hydrogens is 316 g/mol. The maximum absolute atomic E-state index is 12.1. The number of aromatic nitrogens is 2. The lowest BCUT2D eigenvalue weighted by Crippen LogP contribution is -2.31. The molecule has 2 aromatic rings. The summed E-state index contributed by atoms with van der Waals surface area (Å²) in [6.07, 6.45) is 3.62. The van der Waals surface area contributed by atoms with Gasteiger partial charge >= 0.3 is 6.03 Å². The van der Waals surface area contributed by atoms with Crippen molar-refractivity contribution in [3.63, 3.8) is 0 Å². The third-order valence-corrected chi connectivity index (χ3v) is 3.42. The van der Waals surface area contributed by atoms with E-state index in [1.165, 1.54) is 0 Å². The van der Waals surface area contributed by atoms with Crippen molar-refractivity contribution in [2.45, 2.75) is 32.9 Å². The Hall–Kier alpha value is -2.21. The molecule has 1 atom stereocenters. The van der Waals surface area contributed by atoms with Crippen LogP contribution < -0.4 is 15.4 Å². The normalized spacial score (nSPS) is 12.1. The van der Waals surface area contributed by atoms with E-state index in [0.29, 0.717) is 16.5 Å². The maximum atomic E-state index is 12.1. The molecule has 124 valence electrons. The second kappa shape index (κ2) is 7.37. The van der Waals surface area contributed by atoms with Crippen molar-refractivity contribution in [1.82, 2.24) is 15.1 Å². The smallest absolute Gasteiger partial charge is 0.319 e. The fourth-order valence-corrected chi connectivity index (χ4v) is 2.26. The first-order valence-electron chi connectivity index (χ1n) is 7.37. The molecule has 0 bridgehead atoms. The second-order valence-electron chi connectivity index (χ2n) is 5.58. The molecule has 0 aliphatic rings. The van der Waals surface area contributed by atoms with Crippen molar-refractivity contribution in [2.75, 3.05) is 5.32 Å². The Kier molecular flexibility index (Phi) is 5.50. The predicted octanol–water partition coefficient (Wildman–Crippen LogP) is 3.74. The van der Waals surface area contributed by atoms with Crippen LogP contribution in [0.3, 0.4) is 0 Å². The van der Waals surface area contributed by atoms with E-state index in [2.05, 4.69) is 15.7 Å². The van der Waals surface area contributed by atoms with E-state index in [4.69, 9.17) is 16.3 Å². The number of nitrogens with one attached hydrogen (secondary N) is 2. The summed E-state index contributed by atoms with van der Waals surface area (Å²) in [6.45, 7) is 5.74. The molecule has 0 aliphatic carbocycles. The van der Waals surface area contributed by atoms with Gasteiger partial charge in [0.05, 0.1) is 23.4 Å². The third-order valence-electron chi connectivity index (χ3n) is 3.12. The molecule has 7 heteroatoms. The number of urea groups is 1. The highest BCUT2D eigenvalue weighted by atomic mass is 35.5. The maximum Gasteiger partial charge on any atom is 0.319 e. The Bertz CT molecular complexity index is 684. The number of rotatable bonds is 5. The van der Waals surface area contributed by atoms with E-state index < -0.39 is 0 Å². The van der Waals surface area contributed by atoms with Gasteiger partial charge in [-0.25, -0.2) is 4.79 Å². The molecule has 2 rings (SSSR count). The number of anilines is 1. The molecule has 1 aromatic carbocycles. The quantitative estimate of drug-likeness (QED) is 0.873. The molecule has 1 aromatic heterocycles. The molecule has 1 heterocycles. The van der Waals surface area contributed by atoms with Crippen LogP contribution in [0.2, 0.25) is 5.02 Å². The van der Waals surface area contributed by atoms with Gasteiger partial charge in [0.1, 0.15) is 5.75 Å². The largest absolute Gasteiger partial charge is 0.489 e. The van der Waals surface area contributed by atoms with E-state index in [1.54, 1.807) is 29.1 Å².